The fraction of sp³-hybridized carbons (Fsp3) is 0.263. The number of rotatable bonds is 6. The summed E-state index contributed by atoms with van der Waals surface area (Å²) in [6.07, 6.45) is 0.216. The van der Waals surface area contributed by atoms with E-state index in [-0.39, 0.29) is 24.2 Å². The monoisotopic (exact) mass is 358 g/mol. The van der Waals surface area contributed by atoms with Gasteiger partial charge in [-0.05, 0) is 36.4 Å². The third kappa shape index (κ3) is 4.51. The number of hydrogen-bond donors (Lipinski definition) is 1. The van der Waals surface area contributed by atoms with Crippen LogP contribution >= 0.6 is 11.6 Å². The third-order valence-corrected chi connectivity index (χ3v) is 4.30. The quantitative estimate of drug-likeness (QED) is 0.808. The number of ether oxygens (including phenoxy) is 1. The van der Waals surface area contributed by atoms with Crippen LogP contribution in [0.5, 0.6) is 5.75 Å². The molecule has 0 aromatic heterocycles. The molecule has 0 radical (unpaired) electrons. The molecule has 1 saturated heterocycles. The van der Waals surface area contributed by atoms with Gasteiger partial charge in [-0.25, -0.2) is 0 Å². The summed E-state index contributed by atoms with van der Waals surface area (Å²) in [5.74, 6) is 0.242. The molecule has 2 aromatic rings. The number of amides is 2. The lowest BCUT2D eigenvalue weighted by atomic mass is 10.1. The summed E-state index contributed by atoms with van der Waals surface area (Å²) in [6, 6.07) is 16.5. The van der Waals surface area contributed by atoms with Crippen LogP contribution in [0.4, 0.5) is 5.69 Å². The number of benzene rings is 2. The average Bonchev–Trinajstić information content (AvgIpc) is 3.02. The zero-order valence-corrected chi connectivity index (χ0v) is 14.4. The number of hydrogen-bond acceptors (Lipinski definition) is 3. The molecule has 0 saturated carbocycles. The molecule has 1 aliphatic heterocycles. The molecule has 1 N–H and O–H groups in total. The number of nitrogens with zero attached hydrogens (tertiary/aromatic N) is 1. The van der Waals surface area contributed by atoms with E-state index in [0.717, 1.165) is 11.4 Å². The van der Waals surface area contributed by atoms with Crippen molar-refractivity contribution in [1.29, 1.82) is 0 Å². The van der Waals surface area contributed by atoms with Gasteiger partial charge >= 0.3 is 0 Å². The molecule has 1 unspecified atom stereocenters. The van der Waals surface area contributed by atoms with Crippen molar-refractivity contribution in [1.82, 2.24) is 5.32 Å². The predicted octanol–water partition coefficient (Wildman–Crippen LogP) is 2.89. The highest BCUT2D eigenvalue weighted by atomic mass is 35.5. The zero-order valence-electron chi connectivity index (χ0n) is 13.7. The van der Waals surface area contributed by atoms with Gasteiger partial charge in [0.05, 0.1) is 12.5 Å². The Morgan fingerprint density at radius 1 is 1.16 bits per heavy atom. The number of para-hydroxylation sites is 1. The first kappa shape index (κ1) is 17.3. The van der Waals surface area contributed by atoms with Crippen molar-refractivity contribution in [2.45, 2.75) is 6.42 Å². The minimum absolute atomic E-state index is 0.0528. The summed E-state index contributed by atoms with van der Waals surface area (Å²) in [6.45, 7) is 1.17. The smallest absolute Gasteiger partial charge is 0.227 e. The Bertz CT molecular complexity index is 734. The first-order valence-electron chi connectivity index (χ1n) is 8.15. The van der Waals surface area contributed by atoms with Gasteiger partial charge in [0.1, 0.15) is 12.4 Å². The number of carbonyl (C=O) groups excluding carboxylic acids is 2. The maximum absolute atomic E-state index is 12.3. The Balaban J connectivity index is 1.46. The highest BCUT2D eigenvalue weighted by Gasteiger charge is 2.34. The second-order valence-corrected chi connectivity index (χ2v) is 6.27. The molecule has 3 rings (SSSR count). The lowest BCUT2D eigenvalue weighted by Gasteiger charge is -2.16. The molecule has 5 nitrogen and oxygen atoms in total. The number of nitrogens with one attached hydrogen (secondary N) is 1. The van der Waals surface area contributed by atoms with Crippen LogP contribution in [0, 0.1) is 5.92 Å². The van der Waals surface area contributed by atoms with Crippen LogP contribution in [0.1, 0.15) is 6.42 Å². The van der Waals surface area contributed by atoms with E-state index in [2.05, 4.69) is 5.32 Å². The molecule has 130 valence electrons. The van der Waals surface area contributed by atoms with Crippen LogP contribution in [0.2, 0.25) is 5.02 Å². The van der Waals surface area contributed by atoms with Gasteiger partial charge in [0.2, 0.25) is 11.8 Å². The van der Waals surface area contributed by atoms with E-state index in [9.17, 15) is 9.59 Å². The van der Waals surface area contributed by atoms with E-state index >= 15 is 0 Å². The van der Waals surface area contributed by atoms with Crippen LogP contribution in [-0.4, -0.2) is 31.5 Å². The van der Waals surface area contributed by atoms with Crippen molar-refractivity contribution in [3.05, 3.63) is 59.6 Å². The molecule has 2 amide bonds. The van der Waals surface area contributed by atoms with Gasteiger partial charge in [-0.1, -0.05) is 29.8 Å². The van der Waals surface area contributed by atoms with Crippen LogP contribution in [0.3, 0.4) is 0 Å². The van der Waals surface area contributed by atoms with E-state index < -0.39 is 0 Å². The molecule has 1 atom stereocenters. The number of anilines is 1. The van der Waals surface area contributed by atoms with E-state index in [4.69, 9.17) is 16.3 Å². The summed E-state index contributed by atoms with van der Waals surface area (Å²) < 4.78 is 5.54. The number of halogens is 1. The van der Waals surface area contributed by atoms with Gasteiger partial charge in [0, 0.05) is 23.7 Å². The van der Waals surface area contributed by atoms with Crippen molar-refractivity contribution in [2.75, 3.05) is 24.6 Å². The van der Waals surface area contributed by atoms with Crippen molar-refractivity contribution in [3.8, 4) is 5.75 Å². The Morgan fingerprint density at radius 2 is 1.88 bits per heavy atom. The molecule has 0 bridgehead atoms. The Labute approximate surface area is 151 Å². The fourth-order valence-electron chi connectivity index (χ4n) is 2.76. The summed E-state index contributed by atoms with van der Waals surface area (Å²) in [5.41, 5.74) is 0.761. The summed E-state index contributed by atoms with van der Waals surface area (Å²) in [7, 11) is 0. The highest BCUT2D eigenvalue weighted by Crippen LogP contribution is 2.26. The number of carbonyl (C=O) groups is 2. The molecular formula is C19H19ClN2O3. The topological polar surface area (TPSA) is 58.6 Å². The van der Waals surface area contributed by atoms with Crippen LogP contribution in [-0.2, 0) is 9.59 Å². The van der Waals surface area contributed by atoms with E-state index in [0.29, 0.717) is 24.7 Å². The summed E-state index contributed by atoms with van der Waals surface area (Å²) in [4.78, 5) is 26.1. The van der Waals surface area contributed by atoms with Gasteiger partial charge in [-0.15, -0.1) is 0 Å². The van der Waals surface area contributed by atoms with Crippen molar-refractivity contribution in [2.24, 2.45) is 5.92 Å². The molecule has 1 aliphatic rings. The molecule has 1 heterocycles. The van der Waals surface area contributed by atoms with Gasteiger partial charge in [0.25, 0.3) is 0 Å². The zero-order chi connectivity index (χ0) is 17.6. The molecule has 2 aromatic carbocycles. The molecule has 0 spiro atoms. The molecule has 6 heteroatoms. The predicted molar refractivity (Wildman–Crippen MR) is 96.9 cm³/mol. The largest absolute Gasteiger partial charge is 0.492 e. The summed E-state index contributed by atoms with van der Waals surface area (Å²) in [5, 5.41) is 3.45. The Hall–Kier alpha value is -2.53. The fourth-order valence-corrected chi connectivity index (χ4v) is 2.88. The van der Waals surface area contributed by atoms with Crippen molar-refractivity contribution >= 4 is 29.1 Å². The second kappa shape index (κ2) is 8.03. The second-order valence-electron chi connectivity index (χ2n) is 5.83. The first-order chi connectivity index (χ1) is 12.1. The molecular weight excluding hydrogens is 340 g/mol. The molecule has 25 heavy (non-hydrogen) atoms. The minimum atomic E-state index is -0.347. The lowest BCUT2D eigenvalue weighted by molar-refractivity contribution is -0.126. The van der Waals surface area contributed by atoms with Crippen LogP contribution in [0.25, 0.3) is 0 Å². The Kier molecular flexibility index (Phi) is 5.56. The van der Waals surface area contributed by atoms with E-state index in [1.807, 2.05) is 30.3 Å². The summed E-state index contributed by atoms with van der Waals surface area (Å²) >= 11 is 5.87. The van der Waals surface area contributed by atoms with Crippen LogP contribution in [0.15, 0.2) is 54.6 Å². The van der Waals surface area contributed by atoms with E-state index in [1.54, 1.807) is 29.2 Å². The van der Waals surface area contributed by atoms with Crippen LogP contribution < -0.4 is 15.0 Å². The van der Waals surface area contributed by atoms with Gasteiger partial charge in [0.15, 0.2) is 0 Å². The standard InChI is InChI=1S/C19H19ClN2O3/c20-15-6-8-16(9-7-15)22-13-14(12-18(22)23)19(24)21-10-11-25-17-4-2-1-3-5-17/h1-9,14H,10-13H2,(H,21,24). The lowest BCUT2D eigenvalue weighted by Crippen LogP contribution is -2.35. The van der Waals surface area contributed by atoms with Gasteiger partial charge < -0.3 is 15.0 Å². The molecule has 0 aliphatic carbocycles. The maximum atomic E-state index is 12.3. The Morgan fingerprint density at radius 3 is 2.60 bits per heavy atom. The average molecular weight is 359 g/mol. The SMILES string of the molecule is O=C(NCCOc1ccccc1)C1CC(=O)N(c2ccc(Cl)cc2)C1. The minimum Gasteiger partial charge on any atom is -0.492 e. The molecule has 1 fully saturated rings. The van der Waals surface area contributed by atoms with E-state index in [1.165, 1.54) is 0 Å². The van der Waals surface area contributed by atoms with Crippen molar-refractivity contribution < 1.29 is 14.3 Å². The normalized spacial score (nSPS) is 16.8. The third-order valence-electron chi connectivity index (χ3n) is 4.05. The van der Waals surface area contributed by atoms with Gasteiger partial charge in [-0.2, -0.15) is 0 Å². The first-order valence-corrected chi connectivity index (χ1v) is 8.53. The highest BCUT2D eigenvalue weighted by molar-refractivity contribution is 6.30. The van der Waals surface area contributed by atoms with Crippen molar-refractivity contribution in [3.63, 3.8) is 0 Å². The maximum Gasteiger partial charge on any atom is 0.227 e. The van der Waals surface area contributed by atoms with Gasteiger partial charge in [-0.3, -0.25) is 9.59 Å².